The SMILES string of the molecule is CCCn1nnnc1COC(=O)C(C)NC(=O)c1ccccc1Cl. The smallest absolute Gasteiger partial charge is 0.328 e. The summed E-state index contributed by atoms with van der Waals surface area (Å²) in [4.78, 5) is 24.1. The van der Waals surface area contributed by atoms with Crippen molar-refractivity contribution in [2.24, 2.45) is 0 Å². The standard InChI is InChI=1S/C15H18ClN5O3/c1-3-8-21-13(18-19-20-21)9-24-15(23)10(2)17-14(22)11-6-4-5-7-12(11)16/h4-7,10H,3,8-9H2,1-2H3,(H,17,22). The maximum atomic E-state index is 12.1. The second kappa shape index (κ2) is 8.39. The Kier molecular flexibility index (Phi) is 6.25. The van der Waals surface area contributed by atoms with E-state index in [9.17, 15) is 9.59 Å². The van der Waals surface area contributed by atoms with Crippen LogP contribution in [0.25, 0.3) is 0 Å². The van der Waals surface area contributed by atoms with Crippen LogP contribution in [0, 0.1) is 0 Å². The number of benzene rings is 1. The highest BCUT2D eigenvalue weighted by Crippen LogP contribution is 2.14. The largest absolute Gasteiger partial charge is 0.456 e. The van der Waals surface area contributed by atoms with Gasteiger partial charge >= 0.3 is 5.97 Å². The van der Waals surface area contributed by atoms with Crippen LogP contribution in [0.5, 0.6) is 0 Å². The third-order valence-electron chi connectivity index (χ3n) is 3.20. The monoisotopic (exact) mass is 351 g/mol. The zero-order valence-corrected chi connectivity index (χ0v) is 14.2. The van der Waals surface area contributed by atoms with E-state index in [1.165, 1.54) is 6.92 Å². The predicted molar refractivity (Wildman–Crippen MR) is 86.3 cm³/mol. The lowest BCUT2D eigenvalue weighted by molar-refractivity contribution is -0.147. The van der Waals surface area contributed by atoms with Gasteiger partial charge in [-0.15, -0.1) is 5.10 Å². The molecule has 24 heavy (non-hydrogen) atoms. The molecule has 0 bridgehead atoms. The average molecular weight is 352 g/mol. The number of amides is 1. The van der Waals surface area contributed by atoms with Crippen LogP contribution in [0.3, 0.4) is 0 Å². The molecule has 0 spiro atoms. The molecule has 128 valence electrons. The van der Waals surface area contributed by atoms with E-state index >= 15 is 0 Å². The number of ether oxygens (including phenoxy) is 1. The molecule has 2 rings (SSSR count). The fourth-order valence-electron chi connectivity index (χ4n) is 1.95. The summed E-state index contributed by atoms with van der Waals surface area (Å²) in [6, 6.07) is 5.76. The summed E-state index contributed by atoms with van der Waals surface area (Å²) >= 11 is 5.96. The van der Waals surface area contributed by atoms with Crippen molar-refractivity contribution in [3.8, 4) is 0 Å². The predicted octanol–water partition coefficient (Wildman–Crippen LogP) is 1.60. The molecular formula is C15H18ClN5O3. The second-order valence-corrected chi connectivity index (χ2v) is 5.51. The summed E-state index contributed by atoms with van der Waals surface area (Å²) in [7, 11) is 0. The molecule has 0 radical (unpaired) electrons. The summed E-state index contributed by atoms with van der Waals surface area (Å²) < 4.78 is 6.72. The van der Waals surface area contributed by atoms with Gasteiger partial charge in [0.25, 0.3) is 5.91 Å². The molecule has 1 N–H and O–H groups in total. The number of hydrogen-bond donors (Lipinski definition) is 1. The molecule has 0 aliphatic carbocycles. The van der Waals surface area contributed by atoms with Gasteiger partial charge in [0.2, 0.25) is 0 Å². The Balaban J connectivity index is 1.89. The first-order valence-electron chi connectivity index (χ1n) is 7.50. The van der Waals surface area contributed by atoms with E-state index in [2.05, 4.69) is 20.8 Å². The van der Waals surface area contributed by atoms with Gasteiger partial charge < -0.3 is 10.1 Å². The second-order valence-electron chi connectivity index (χ2n) is 5.10. The molecule has 0 aliphatic rings. The molecule has 1 unspecified atom stereocenters. The number of halogens is 1. The molecule has 0 fully saturated rings. The molecule has 1 atom stereocenters. The Hall–Kier alpha value is -2.48. The van der Waals surface area contributed by atoms with Crippen molar-refractivity contribution in [1.29, 1.82) is 0 Å². The van der Waals surface area contributed by atoms with E-state index in [1.807, 2.05) is 6.92 Å². The number of nitrogens with zero attached hydrogens (tertiary/aromatic N) is 4. The van der Waals surface area contributed by atoms with Crippen molar-refractivity contribution >= 4 is 23.5 Å². The fraction of sp³-hybridized carbons (Fsp3) is 0.400. The van der Waals surface area contributed by atoms with Crippen LogP contribution in [0.4, 0.5) is 0 Å². The molecule has 0 saturated heterocycles. The summed E-state index contributed by atoms with van der Waals surface area (Å²) in [5.41, 5.74) is 0.297. The Morgan fingerprint density at radius 3 is 2.83 bits per heavy atom. The number of rotatable bonds is 7. The molecule has 8 nitrogen and oxygen atoms in total. The van der Waals surface area contributed by atoms with Crippen LogP contribution in [0.2, 0.25) is 5.02 Å². The normalized spacial score (nSPS) is 11.8. The zero-order valence-electron chi connectivity index (χ0n) is 13.4. The third-order valence-corrected chi connectivity index (χ3v) is 3.53. The van der Waals surface area contributed by atoms with Crippen LogP contribution in [0.15, 0.2) is 24.3 Å². The number of hydrogen-bond acceptors (Lipinski definition) is 6. The Bertz CT molecular complexity index is 719. The number of carbonyl (C=O) groups excluding carboxylic acids is 2. The van der Waals surface area contributed by atoms with E-state index in [-0.39, 0.29) is 6.61 Å². The lowest BCUT2D eigenvalue weighted by Gasteiger charge is -2.13. The van der Waals surface area contributed by atoms with Crippen LogP contribution in [0.1, 0.15) is 36.5 Å². The van der Waals surface area contributed by atoms with Crippen molar-refractivity contribution in [3.05, 3.63) is 40.7 Å². The van der Waals surface area contributed by atoms with Crippen molar-refractivity contribution in [2.75, 3.05) is 0 Å². The van der Waals surface area contributed by atoms with Gasteiger partial charge in [0.1, 0.15) is 6.04 Å². The number of carbonyl (C=O) groups is 2. The maximum absolute atomic E-state index is 12.1. The first kappa shape index (κ1) is 17.9. The van der Waals surface area contributed by atoms with E-state index in [0.29, 0.717) is 23.0 Å². The van der Waals surface area contributed by atoms with Gasteiger partial charge in [0.05, 0.1) is 10.6 Å². The van der Waals surface area contributed by atoms with Crippen molar-refractivity contribution in [2.45, 2.75) is 39.5 Å². The number of esters is 1. The minimum absolute atomic E-state index is 0.0574. The summed E-state index contributed by atoms with van der Waals surface area (Å²) in [5, 5.41) is 14.0. The van der Waals surface area contributed by atoms with Crippen LogP contribution in [-0.4, -0.2) is 38.1 Å². The Labute approximate surface area is 144 Å². The van der Waals surface area contributed by atoms with Gasteiger partial charge in [0, 0.05) is 6.54 Å². The molecule has 9 heteroatoms. The molecule has 1 aromatic heterocycles. The fourth-order valence-corrected chi connectivity index (χ4v) is 2.17. The molecule has 0 aliphatic heterocycles. The number of aryl methyl sites for hydroxylation is 1. The molecule has 1 amide bonds. The van der Waals surface area contributed by atoms with E-state index < -0.39 is 17.9 Å². The van der Waals surface area contributed by atoms with Gasteiger partial charge in [-0.1, -0.05) is 30.7 Å². The van der Waals surface area contributed by atoms with Crippen LogP contribution >= 0.6 is 11.6 Å². The van der Waals surface area contributed by atoms with Crippen LogP contribution < -0.4 is 5.32 Å². The minimum Gasteiger partial charge on any atom is -0.456 e. The van der Waals surface area contributed by atoms with Crippen molar-refractivity contribution in [1.82, 2.24) is 25.5 Å². The number of aromatic nitrogens is 4. The molecular weight excluding hydrogens is 334 g/mol. The molecule has 1 heterocycles. The average Bonchev–Trinajstić information content (AvgIpc) is 3.00. The van der Waals surface area contributed by atoms with Gasteiger partial charge in [0.15, 0.2) is 12.4 Å². The Morgan fingerprint density at radius 1 is 1.38 bits per heavy atom. The lowest BCUT2D eigenvalue weighted by atomic mass is 10.2. The number of tetrazole rings is 1. The highest BCUT2D eigenvalue weighted by molar-refractivity contribution is 6.33. The first-order valence-corrected chi connectivity index (χ1v) is 7.87. The van der Waals surface area contributed by atoms with Gasteiger partial charge in [-0.05, 0) is 35.9 Å². The van der Waals surface area contributed by atoms with Gasteiger partial charge in [-0.3, -0.25) is 4.79 Å². The summed E-state index contributed by atoms with van der Waals surface area (Å²) in [5.74, 6) is -0.572. The van der Waals surface area contributed by atoms with Crippen molar-refractivity contribution < 1.29 is 14.3 Å². The molecule has 0 saturated carbocycles. The third kappa shape index (κ3) is 4.51. The minimum atomic E-state index is -0.829. The molecule has 2 aromatic rings. The summed E-state index contributed by atoms with van der Waals surface area (Å²) in [6.07, 6.45) is 0.857. The zero-order chi connectivity index (χ0) is 17.5. The lowest BCUT2D eigenvalue weighted by Crippen LogP contribution is -2.39. The highest BCUT2D eigenvalue weighted by Gasteiger charge is 2.20. The topological polar surface area (TPSA) is 99.0 Å². The van der Waals surface area contributed by atoms with E-state index in [1.54, 1.807) is 28.9 Å². The van der Waals surface area contributed by atoms with E-state index in [0.717, 1.165) is 6.42 Å². The quantitative estimate of drug-likeness (QED) is 0.761. The van der Waals surface area contributed by atoms with Crippen LogP contribution in [-0.2, 0) is 22.7 Å². The van der Waals surface area contributed by atoms with Gasteiger partial charge in [-0.2, -0.15) is 0 Å². The van der Waals surface area contributed by atoms with Crippen molar-refractivity contribution in [3.63, 3.8) is 0 Å². The number of nitrogens with one attached hydrogen (secondary N) is 1. The molecule has 1 aromatic carbocycles. The summed E-state index contributed by atoms with van der Waals surface area (Å²) in [6.45, 7) is 4.10. The van der Waals surface area contributed by atoms with E-state index in [4.69, 9.17) is 16.3 Å². The maximum Gasteiger partial charge on any atom is 0.328 e. The highest BCUT2D eigenvalue weighted by atomic mass is 35.5. The first-order chi connectivity index (χ1) is 11.5. The van der Waals surface area contributed by atoms with Gasteiger partial charge in [-0.25, -0.2) is 9.48 Å². The Morgan fingerprint density at radius 2 is 2.12 bits per heavy atom.